The van der Waals surface area contributed by atoms with Crippen molar-refractivity contribution in [1.82, 2.24) is 15.3 Å². The second kappa shape index (κ2) is 7.08. The number of imide groups is 1. The minimum Gasteiger partial charge on any atom is -0.318 e. The molecule has 0 aromatic heterocycles. The second-order valence-electron chi connectivity index (χ2n) is 5.02. The van der Waals surface area contributed by atoms with E-state index in [2.05, 4.69) is 5.48 Å². The van der Waals surface area contributed by atoms with E-state index < -0.39 is 0 Å². The number of nitrogens with zero attached hydrogens (tertiary/aromatic N) is 2. The molecule has 4 amide bonds. The van der Waals surface area contributed by atoms with Crippen LogP contribution < -0.4 is 5.48 Å². The minimum atomic E-state index is -0.304. The first-order chi connectivity index (χ1) is 8.91. The summed E-state index contributed by atoms with van der Waals surface area (Å²) in [4.78, 5) is 41.9. The number of rotatable bonds is 7. The van der Waals surface area contributed by atoms with Gasteiger partial charge in [-0.3, -0.25) is 19.3 Å². The van der Waals surface area contributed by atoms with E-state index in [-0.39, 0.29) is 37.4 Å². The van der Waals surface area contributed by atoms with Gasteiger partial charge in [-0.1, -0.05) is 13.8 Å². The zero-order valence-corrected chi connectivity index (χ0v) is 11.6. The first-order valence-corrected chi connectivity index (χ1v) is 6.38. The van der Waals surface area contributed by atoms with Crippen LogP contribution >= 0.6 is 0 Å². The Kier molecular flexibility index (Phi) is 5.75. The number of urea groups is 1. The van der Waals surface area contributed by atoms with Crippen molar-refractivity contribution in [2.24, 2.45) is 5.92 Å². The van der Waals surface area contributed by atoms with Gasteiger partial charge in [-0.2, -0.15) is 0 Å². The molecule has 0 saturated carbocycles. The van der Waals surface area contributed by atoms with E-state index in [1.54, 1.807) is 7.05 Å². The van der Waals surface area contributed by atoms with Crippen LogP contribution in [0.15, 0.2) is 0 Å². The number of carbonyl (C=O) groups excluding carboxylic acids is 3. The summed E-state index contributed by atoms with van der Waals surface area (Å²) in [7, 11) is 1.58. The highest BCUT2D eigenvalue weighted by Crippen LogP contribution is 2.08. The van der Waals surface area contributed by atoms with Gasteiger partial charge < -0.3 is 4.90 Å². The second-order valence-corrected chi connectivity index (χ2v) is 5.02. The van der Waals surface area contributed by atoms with Crippen LogP contribution in [0.4, 0.5) is 4.79 Å². The number of carbonyl (C=O) groups is 3. The summed E-state index contributed by atoms with van der Waals surface area (Å²) < 4.78 is 0. The molecule has 1 aliphatic rings. The van der Waals surface area contributed by atoms with Crippen LogP contribution in [0, 0.1) is 5.92 Å². The van der Waals surface area contributed by atoms with Gasteiger partial charge in [0, 0.05) is 20.0 Å². The molecular formula is C12H21N3O4. The molecule has 0 aliphatic carbocycles. The molecule has 0 aromatic carbocycles. The average molecular weight is 271 g/mol. The maximum Gasteiger partial charge on any atom is 0.326 e. The summed E-state index contributed by atoms with van der Waals surface area (Å²) >= 11 is 0. The summed E-state index contributed by atoms with van der Waals surface area (Å²) in [5.74, 6) is -0.118. The number of hydrogen-bond donors (Lipinski definition) is 1. The monoisotopic (exact) mass is 271 g/mol. The first kappa shape index (κ1) is 15.4. The fraction of sp³-hybridized carbons (Fsp3) is 0.750. The third-order valence-electron chi connectivity index (χ3n) is 2.62. The molecule has 19 heavy (non-hydrogen) atoms. The van der Waals surface area contributed by atoms with Crippen LogP contribution in [-0.2, 0) is 14.4 Å². The Labute approximate surface area is 112 Å². The maximum absolute atomic E-state index is 11.5. The normalized spacial score (nSPS) is 15.6. The first-order valence-electron chi connectivity index (χ1n) is 6.38. The molecule has 0 bridgehead atoms. The molecule has 1 rings (SSSR count). The minimum absolute atomic E-state index is 0.114. The van der Waals surface area contributed by atoms with E-state index in [0.29, 0.717) is 18.9 Å². The van der Waals surface area contributed by atoms with Gasteiger partial charge in [0.05, 0.1) is 6.61 Å². The SMILES string of the molecule is CC(C)CONC(=O)CCCN1C(=O)CN(C)C1=O. The smallest absolute Gasteiger partial charge is 0.318 e. The van der Waals surface area contributed by atoms with E-state index >= 15 is 0 Å². The molecule has 1 heterocycles. The zero-order valence-electron chi connectivity index (χ0n) is 11.6. The zero-order chi connectivity index (χ0) is 14.4. The lowest BCUT2D eigenvalue weighted by atomic mass is 10.2. The number of amides is 4. The molecular weight excluding hydrogens is 250 g/mol. The van der Waals surface area contributed by atoms with Gasteiger partial charge >= 0.3 is 6.03 Å². The van der Waals surface area contributed by atoms with E-state index in [1.807, 2.05) is 13.8 Å². The third-order valence-corrected chi connectivity index (χ3v) is 2.62. The van der Waals surface area contributed by atoms with Crippen LogP contribution in [0.2, 0.25) is 0 Å². The molecule has 1 saturated heterocycles. The van der Waals surface area contributed by atoms with Crippen molar-refractivity contribution in [3.8, 4) is 0 Å². The number of likely N-dealkylation sites (N-methyl/N-ethyl adjacent to an activating group) is 1. The van der Waals surface area contributed by atoms with E-state index in [9.17, 15) is 14.4 Å². The fourth-order valence-electron chi connectivity index (χ4n) is 1.63. The Balaban J connectivity index is 2.18. The van der Waals surface area contributed by atoms with Crippen LogP contribution in [0.5, 0.6) is 0 Å². The van der Waals surface area contributed by atoms with Crippen LogP contribution in [0.3, 0.4) is 0 Å². The predicted molar refractivity (Wildman–Crippen MR) is 67.9 cm³/mol. The third kappa shape index (κ3) is 4.86. The molecule has 1 fully saturated rings. The van der Waals surface area contributed by atoms with Gasteiger partial charge in [0.2, 0.25) is 11.8 Å². The standard InChI is InChI=1S/C12H21N3O4/c1-9(2)8-19-13-10(16)5-4-6-15-11(17)7-14(3)12(15)18/h9H,4-8H2,1-3H3,(H,13,16). The molecule has 0 radical (unpaired) electrons. The van der Waals surface area contributed by atoms with Crippen molar-refractivity contribution in [1.29, 1.82) is 0 Å². The largest absolute Gasteiger partial charge is 0.326 e. The Morgan fingerprint density at radius 2 is 2.11 bits per heavy atom. The molecule has 1 N–H and O–H groups in total. The van der Waals surface area contributed by atoms with Crippen molar-refractivity contribution >= 4 is 17.8 Å². The highest BCUT2D eigenvalue weighted by atomic mass is 16.6. The number of hydrogen-bond acceptors (Lipinski definition) is 4. The Hall–Kier alpha value is -1.63. The highest BCUT2D eigenvalue weighted by molar-refractivity contribution is 6.01. The summed E-state index contributed by atoms with van der Waals surface area (Å²) in [5.41, 5.74) is 2.33. The molecule has 1 aliphatic heterocycles. The van der Waals surface area contributed by atoms with Gasteiger partial charge in [-0.05, 0) is 12.3 Å². The average Bonchev–Trinajstić information content (AvgIpc) is 2.55. The van der Waals surface area contributed by atoms with Crippen molar-refractivity contribution in [2.75, 3.05) is 26.7 Å². The van der Waals surface area contributed by atoms with Gasteiger partial charge in [-0.25, -0.2) is 10.3 Å². The van der Waals surface area contributed by atoms with E-state index in [0.717, 1.165) is 0 Å². The maximum atomic E-state index is 11.5. The van der Waals surface area contributed by atoms with Crippen LogP contribution in [-0.4, -0.2) is 54.4 Å². The number of hydroxylamine groups is 1. The summed E-state index contributed by atoms with van der Waals surface area (Å²) in [6, 6.07) is -0.304. The Morgan fingerprint density at radius 3 is 2.63 bits per heavy atom. The van der Waals surface area contributed by atoms with Crippen molar-refractivity contribution in [3.63, 3.8) is 0 Å². The molecule has 0 atom stereocenters. The van der Waals surface area contributed by atoms with Gasteiger partial charge in [-0.15, -0.1) is 0 Å². The molecule has 7 heteroatoms. The quantitative estimate of drug-likeness (QED) is 0.536. The fourth-order valence-corrected chi connectivity index (χ4v) is 1.63. The predicted octanol–water partition coefficient (Wildman–Crippen LogP) is 0.364. The molecule has 0 unspecified atom stereocenters. The molecule has 108 valence electrons. The summed E-state index contributed by atoms with van der Waals surface area (Å²) in [6.07, 6.45) is 0.654. The topological polar surface area (TPSA) is 79.0 Å². The number of nitrogens with one attached hydrogen (secondary N) is 1. The van der Waals surface area contributed by atoms with Crippen molar-refractivity contribution in [2.45, 2.75) is 26.7 Å². The van der Waals surface area contributed by atoms with Gasteiger partial charge in [0.1, 0.15) is 6.54 Å². The molecule has 0 spiro atoms. The lowest BCUT2D eigenvalue weighted by Gasteiger charge is -2.13. The molecule has 7 nitrogen and oxygen atoms in total. The Morgan fingerprint density at radius 1 is 1.42 bits per heavy atom. The van der Waals surface area contributed by atoms with Gasteiger partial charge in [0.25, 0.3) is 0 Å². The Bertz CT molecular complexity index is 357. The summed E-state index contributed by atoms with van der Waals surface area (Å²) in [6.45, 7) is 4.79. The van der Waals surface area contributed by atoms with Crippen molar-refractivity contribution in [3.05, 3.63) is 0 Å². The lowest BCUT2D eigenvalue weighted by Crippen LogP contribution is -2.33. The molecule has 0 aromatic rings. The van der Waals surface area contributed by atoms with Crippen LogP contribution in [0.1, 0.15) is 26.7 Å². The van der Waals surface area contributed by atoms with Crippen molar-refractivity contribution < 1.29 is 19.2 Å². The summed E-state index contributed by atoms with van der Waals surface area (Å²) in [5, 5.41) is 0. The van der Waals surface area contributed by atoms with E-state index in [4.69, 9.17) is 4.84 Å². The highest BCUT2D eigenvalue weighted by Gasteiger charge is 2.32. The van der Waals surface area contributed by atoms with Gasteiger partial charge in [0.15, 0.2) is 0 Å². The lowest BCUT2D eigenvalue weighted by molar-refractivity contribution is -0.135. The van der Waals surface area contributed by atoms with E-state index in [1.165, 1.54) is 9.80 Å². The van der Waals surface area contributed by atoms with Crippen LogP contribution in [0.25, 0.3) is 0 Å².